The van der Waals surface area contributed by atoms with E-state index in [4.69, 9.17) is 15.0 Å². The summed E-state index contributed by atoms with van der Waals surface area (Å²) >= 11 is 0. The van der Waals surface area contributed by atoms with Gasteiger partial charge in [0.2, 0.25) is 0 Å². The van der Waals surface area contributed by atoms with Gasteiger partial charge >= 0.3 is 5.97 Å². The Labute approximate surface area is 219 Å². The van der Waals surface area contributed by atoms with Gasteiger partial charge in [0, 0.05) is 11.8 Å². The van der Waals surface area contributed by atoms with Crippen molar-refractivity contribution in [2.24, 2.45) is 0 Å². The quantitative estimate of drug-likeness (QED) is 0.311. The summed E-state index contributed by atoms with van der Waals surface area (Å²) < 4.78 is 0. The zero-order valence-electron chi connectivity index (χ0n) is 20.5. The molecule has 3 aromatic heterocycles. The first kappa shape index (κ1) is 22.4. The van der Waals surface area contributed by atoms with Gasteiger partial charge in [0.25, 0.3) is 0 Å². The van der Waals surface area contributed by atoms with Crippen molar-refractivity contribution in [3.63, 3.8) is 0 Å². The van der Waals surface area contributed by atoms with Gasteiger partial charge in [0.15, 0.2) is 0 Å². The highest BCUT2D eigenvalue weighted by Crippen LogP contribution is 2.45. The lowest BCUT2D eigenvalue weighted by Crippen LogP contribution is -2.16. The van der Waals surface area contributed by atoms with Gasteiger partial charge in [-0.25, -0.2) is 14.8 Å². The minimum atomic E-state index is -0.950. The zero-order valence-corrected chi connectivity index (χ0v) is 20.5. The molecule has 38 heavy (non-hydrogen) atoms. The molecular formula is C32H23N3O3. The lowest BCUT2D eigenvalue weighted by Gasteiger charge is -2.28. The van der Waals surface area contributed by atoms with Crippen LogP contribution in [0, 0.1) is 0 Å². The SMILES string of the molecule is O=C(O)c1ccc(-c2ccc3c(n2)-c2nc4c(c(-c5ccc(O)cc5)c2CC3)CCc2cccnc2-4)cc1. The van der Waals surface area contributed by atoms with E-state index in [0.29, 0.717) is 0 Å². The molecule has 2 aliphatic rings. The van der Waals surface area contributed by atoms with Gasteiger partial charge in [0.1, 0.15) is 5.75 Å². The lowest BCUT2D eigenvalue weighted by molar-refractivity contribution is 0.0697. The number of carbonyl (C=O) groups is 1. The average molecular weight is 498 g/mol. The van der Waals surface area contributed by atoms with Gasteiger partial charge in [0.05, 0.1) is 34.0 Å². The Morgan fingerprint density at radius 2 is 1.32 bits per heavy atom. The van der Waals surface area contributed by atoms with Crippen LogP contribution >= 0.6 is 0 Å². The minimum Gasteiger partial charge on any atom is -0.508 e. The van der Waals surface area contributed by atoms with Crippen LogP contribution in [0.1, 0.15) is 32.6 Å². The minimum absolute atomic E-state index is 0.239. The Kier molecular flexibility index (Phi) is 5.08. The third-order valence-corrected chi connectivity index (χ3v) is 7.59. The normalized spacial score (nSPS) is 13.2. The van der Waals surface area contributed by atoms with Crippen molar-refractivity contribution in [2.75, 3.05) is 0 Å². The fourth-order valence-corrected chi connectivity index (χ4v) is 5.73. The molecule has 2 aliphatic carbocycles. The second-order valence-corrected chi connectivity index (χ2v) is 9.79. The van der Waals surface area contributed by atoms with Crippen LogP contribution in [0.15, 0.2) is 79.0 Å². The molecule has 5 aromatic rings. The predicted octanol–water partition coefficient (Wildman–Crippen LogP) is 6.14. The Morgan fingerprint density at radius 1 is 0.658 bits per heavy atom. The van der Waals surface area contributed by atoms with Crippen LogP contribution in [0.3, 0.4) is 0 Å². The van der Waals surface area contributed by atoms with Crippen LogP contribution in [0.4, 0.5) is 0 Å². The molecule has 6 heteroatoms. The molecule has 0 aliphatic heterocycles. The molecule has 3 heterocycles. The van der Waals surface area contributed by atoms with Gasteiger partial charge in [-0.2, -0.15) is 0 Å². The number of aryl methyl sites for hydroxylation is 2. The predicted molar refractivity (Wildman–Crippen MR) is 145 cm³/mol. The first-order chi connectivity index (χ1) is 18.6. The fraction of sp³-hybridized carbons (Fsp3) is 0.125. The number of benzene rings is 2. The van der Waals surface area contributed by atoms with E-state index < -0.39 is 5.97 Å². The molecule has 0 bridgehead atoms. The Hall–Kier alpha value is -4.84. The molecule has 184 valence electrons. The zero-order chi connectivity index (χ0) is 25.8. The van der Waals surface area contributed by atoms with Crippen LogP contribution in [-0.2, 0) is 25.7 Å². The Bertz CT molecular complexity index is 1740. The number of hydrogen-bond acceptors (Lipinski definition) is 5. The van der Waals surface area contributed by atoms with Crippen molar-refractivity contribution in [2.45, 2.75) is 25.7 Å². The van der Waals surface area contributed by atoms with Crippen molar-refractivity contribution in [1.29, 1.82) is 0 Å². The van der Waals surface area contributed by atoms with Crippen molar-refractivity contribution in [3.8, 4) is 50.9 Å². The molecule has 2 aromatic carbocycles. The number of phenolic OH excluding ortho intramolecular Hbond substituents is 1. The molecule has 0 amide bonds. The van der Waals surface area contributed by atoms with Gasteiger partial charge < -0.3 is 10.2 Å². The maximum atomic E-state index is 11.3. The third kappa shape index (κ3) is 3.57. The number of hydrogen-bond donors (Lipinski definition) is 2. The van der Waals surface area contributed by atoms with Crippen molar-refractivity contribution in [3.05, 3.63) is 107 Å². The molecule has 0 radical (unpaired) electrons. The number of phenols is 1. The van der Waals surface area contributed by atoms with Crippen molar-refractivity contribution in [1.82, 2.24) is 15.0 Å². The number of rotatable bonds is 3. The van der Waals surface area contributed by atoms with E-state index in [1.807, 2.05) is 30.5 Å². The number of pyridine rings is 3. The first-order valence-electron chi connectivity index (χ1n) is 12.7. The second kappa shape index (κ2) is 8.63. The van der Waals surface area contributed by atoms with Crippen LogP contribution in [0.5, 0.6) is 5.75 Å². The van der Waals surface area contributed by atoms with Crippen LogP contribution in [0.2, 0.25) is 0 Å². The molecule has 0 unspecified atom stereocenters. The number of nitrogens with zero attached hydrogens (tertiary/aromatic N) is 3. The number of fused-ring (bicyclic) bond motifs is 6. The number of aromatic hydroxyl groups is 1. The fourth-order valence-electron chi connectivity index (χ4n) is 5.73. The molecule has 0 spiro atoms. The Balaban J connectivity index is 1.46. The van der Waals surface area contributed by atoms with E-state index in [-0.39, 0.29) is 11.3 Å². The summed E-state index contributed by atoms with van der Waals surface area (Å²) in [5.41, 5.74) is 12.4. The van der Waals surface area contributed by atoms with Gasteiger partial charge in [-0.3, -0.25) is 4.98 Å². The topological polar surface area (TPSA) is 96.2 Å². The largest absolute Gasteiger partial charge is 0.508 e. The number of carboxylic acid groups (broad SMARTS) is 1. The van der Waals surface area contributed by atoms with E-state index in [2.05, 4.69) is 12.1 Å². The number of carboxylic acids is 1. The van der Waals surface area contributed by atoms with E-state index in [1.54, 1.807) is 36.4 Å². The molecule has 0 saturated heterocycles. The molecule has 0 fully saturated rings. The highest BCUT2D eigenvalue weighted by Gasteiger charge is 2.30. The second-order valence-electron chi connectivity index (χ2n) is 9.79. The van der Waals surface area contributed by atoms with Gasteiger partial charge in [-0.15, -0.1) is 0 Å². The van der Waals surface area contributed by atoms with E-state index in [1.165, 1.54) is 22.3 Å². The molecule has 2 N–H and O–H groups in total. The smallest absolute Gasteiger partial charge is 0.335 e. The summed E-state index contributed by atoms with van der Waals surface area (Å²) in [7, 11) is 0. The van der Waals surface area contributed by atoms with E-state index >= 15 is 0 Å². The van der Waals surface area contributed by atoms with Crippen LogP contribution in [0.25, 0.3) is 45.2 Å². The third-order valence-electron chi connectivity index (χ3n) is 7.59. The first-order valence-corrected chi connectivity index (χ1v) is 12.7. The highest BCUT2D eigenvalue weighted by molar-refractivity contribution is 5.89. The summed E-state index contributed by atoms with van der Waals surface area (Å²) in [5, 5.41) is 19.2. The average Bonchev–Trinajstić information content (AvgIpc) is 2.96. The molecule has 6 nitrogen and oxygen atoms in total. The van der Waals surface area contributed by atoms with Gasteiger partial charge in [-0.05, 0) is 95.5 Å². The maximum Gasteiger partial charge on any atom is 0.335 e. The van der Waals surface area contributed by atoms with Crippen molar-refractivity contribution < 1.29 is 15.0 Å². The lowest BCUT2D eigenvalue weighted by atomic mass is 9.80. The molecule has 7 rings (SSSR count). The standard InChI is InChI=1S/C32H23N3O3/c36-23-12-7-19(8-13-23)27-24-14-9-20-2-1-17-33-28(20)30(24)35-31-25(27)15-10-21-11-16-26(34-29(21)31)18-3-5-22(6-4-18)32(37)38/h1-8,11-13,16-17,36H,9-10,14-15H2,(H,37,38). The summed E-state index contributed by atoms with van der Waals surface area (Å²) in [6.45, 7) is 0. The maximum absolute atomic E-state index is 11.3. The van der Waals surface area contributed by atoms with E-state index in [0.717, 1.165) is 70.8 Å². The molecule has 0 saturated carbocycles. The summed E-state index contributed by atoms with van der Waals surface area (Å²) in [6, 6.07) is 22.4. The number of aromatic nitrogens is 3. The van der Waals surface area contributed by atoms with Crippen LogP contribution in [-0.4, -0.2) is 31.1 Å². The van der Waals surface area contributed by atoms with Crippen LogP contribution < -0.4 is 0 Å². The highest BCUT2D eigenvalue weighted by atomic mass is 16.4. The van der Waals surface area contributed by atoms with Gasteiger partial charge in [-0.1, -0.05) is 36.4 Å². The summed E-state index contributed by atoms with van der Waals surface area (Å²) in [6.07, 6.45) is 5.31. The monoisotopic (exact) mass is 497 g/mol. The van der Waals surface area contributed by atoms with E-state index in [9.17, 15) is 15.0 Å². The summed E-state index contributed by atoms with van der Waals surface area (Å²) in [5.74, 6) is -0.711. The number of aromatic carboxylic acids is 1. The van der Waals surface area contributed by atoms with Crippen molar-refractivity contribution >= 4 is 5.97 Å². The molecule has 0 atom stereocenters. The Morgan fingerprint density at radius 3 is 2.03 bits per heavy atom. The molecular weight excluding hydrogens is 474 g/mol. The summed E-state index contributed by atoms with van der Waals surface area (Å²) in [4.78, 5) is 26.4.